The minimum atomic E-state index is -0.813. The van der Waals surface area contributed by atoms with Gasteiger partial charge in [-0.25, -0.2) is 0 Å². The molecule has 6 heteroatoms. The lowest BCUT2D eigenvalue weighted by Gasteiger charge is -2.18. The van der Waals surface area contributed by atoms with Gasteiger partial charge < -0.3 is 14.2 Å². The molecule has 0 saturated heterocycles. The lowest BCUT2D eigenvalue weighted by atomic mass is 10.0. The minimum absolute atomic E-state index is 0.103. The van der Waals surface area contributed by atoms with E-state index in [0.29, 0.717) is 19.3 Å². The summed E-state index contributed by atoms with van der Waals surface area (Å²) in [5.74, 6) is -0.987. The molecule has 1 atom stereocenters. The molecule has 0 aromatic rings. The van der Waals surface area contributed by atoms with Crippen molar-refractivity contribution >= 4 is 17.9 Å². The Balaban J connectivity index is 4.09. The molecule has 0 aliphatic heterocycles. The maximum absolute atomic E-state index is 12.8. The number of carbonyl (C=O) groups is 3. The van der Waals surface area contributed by atoms with Crippen LogP contribution in [0.1, 0.15) is 316 Å². The van der Waals surface area contributed by atoms with E-state index in [4.69, 9.17) is 14.2 Å². The van der Waals surface area contributed by atoms with Crippen LogP contribution >= 0.6 is 0 Å². The number of allylic oxidation sites excluding steroid dienone is 10. The first-order valence-electron chi connectivity index (χ1n) is 30.8. The molecule has 0 aromatic carbocycles. The first kappa shape index (κ1) is 68.1. The van der Waals surface area contributed by atoms with E-state index < -0.39 is 6.10 Å². The molecule has 0 radical (unpaired) electrons. The van der Waals surface area contributed by atoms with Gasteiger partial charge in [-0.15, -0.1) is 0 Å². The highest BCUT2D eigenvalue weighted by Crippen LogP contribution is 2.18. The highest BCUT2D eigenvalue weighted by molar-refractivity contribution is 5.71. The molecule has 0 aromatic heterocycles. The van der Waals surface area contributed by atoms with Gasteiger partial charge in [-0.2, -0.15) is 0 Å². The molecule has 0 rings (SSSR count). The summed E-state index contributed by atoms with van der Waals surface area (Å²) in [7, 11) is 0. The molecule has 0 aliphatic carbocycles. The van der Waals surface area contributed by atoms with Crippen molar-refractivity contribution in [1.82, 2.24) is 0 Å². The molecule has 0 aliphatic rings. The lowest BCUT2D eigenvalue weighted by molar-refractivity contribution is -0.166. The van der Waals surface area contributed by atoms with Crippen LogP contribution in [-0.4, -0.2) is 37.2 Å². The quantitative estimate of drug-likeness (QED) is 0.0261. The molecule has 0 bridgehead atoms. The number of esters is 3. The summed E-state index contributed by atoms with van der Waals surface area (Å²) < 4.78 is 16.7. The Kier molecular flexibility index (Phi) is 57.2. The van der Waals surface area contributed by atoms with E-state index in [1.807, 2.05) is 12.2 Å². The van der Waals surface area contributed by atoms with Crippen LogP contribution in [0.3, 0.4) is 0 Å². The zero-order chi connectivity index (χ0) is 51.4. The molecule has 0 saturated carbocycles. The van der Waals surface area contributed by atoms with Crippen molar-refractivity contribution in [1.29, 1.82) is 0 Å². The maximum atomic E-state index is 12.8. The second kappa shape index (κ2) is 59.7. The summed E-state index contributed by atoms with van der Waals surface area (Å²) in [5, 5.41) is 0. The van der Waals surface area contributed by atoms with Crippen molar-refractivity contribution in [3.8, 4) is 0 Å². The minimum Gasteiger partial charge on any atom is -0.462 e. The summed E-state index contributed by atoms with van der Waals surface area (Å²) >= 11 is 0. The fourth-order valence-corrected chi connectivity index (χ4v) is 8.93. The molecule has 1 unspecified atom stereocenters. The Morgan fingerprint density at radius 1 is 0.296 bits per heavy atom. The number of ether oxygens (including phenoxy) is 3. The van der Waals surface area contributed by atoms with Crippen molar-refractivity contribution in [3.63, 3.8) is 0 Å². The van der Waals surface area contributed by atoms with Gasteiger partial charge in [-0.3, -0.25) is 14.4 Å². The van der Waals surface area contributed by atoms with Gasteiger partial charge in [0.2, 0.25) is 0 Å². The van der Waals surface area contributed by atoms with E-state index >= 15 is 0 Å². The molecule has 412 valence electrons. The number of hydrogen-bond acceptors (Lipinski definition) is 6. The van der Waals surface area contributed by atoms with Gasteiger partial charge in [0.05, 0.1) is 0 Å². The highest BCUT2D eigenvalue weighted by Gasteiger charge is 2.19. The van der Waals surface area contributed by atoms with Crippen LogP contribution in [-0.2, 0) is 28.6 Å². The van der Waals surface area contributed by atoms with E-state index in [9.17, 15) is 14.4 Å². The molecule has 0 heterocycles. The number of carbonyl (C=O) groups excluding carboxylic acids is 3. The van der Waals surface area contributed by atoms with Gasteiger partial charge in [-0.1, -0.05) is 293 Å². The third-order valence-electron chi connectivity index (χ3n) is 13.5. The van der Waals surface area contributed by atoms with E-state index in [1.54, 1.807) is 0 Å². The van der Waals surface area contributed by atoms with Gasteiger partial charge in [0, 0.05) is 19.3 Å². The van der Waals surface area contributed by atoms with Gasteiger partial charge >= 0.3 is 17.9 Å². The second-order valence-corrected chi connectivity index (χ2v) is 20.6. The molecule has 71 heavy (non-hydrogen) atoms. The number of unbranched alkanes of at least 4 members (excludes halogenated alkanes) is 35. The molecule has 0 amide bonds. The van der Waals surface area contributed by atoms with Crippen LogP contribution in [0.2, 0.25) is 0 Å². The van der Waals surface area contributed by atoms with E-state index in [0.717, 1.165) is 83.5 Å². The monoisotopic (exact) mass is 993 g/mol. The van der Waals surface area contributed by atoms with Crippen molar-refractivity contribution in [2.24, 2.45) is 0 Å². The molecule has 0 spiro atoms. The van der Waals surface area contributed by atoms with Gasteiger partial charge in [0.25, 0.3) is 0 Å². The van der Waals surface area contributed by atoms with Gasteiger partial charge in [-0.05, 0) is 64.2 Å². The van der Waals surface area contributed by atoms with Crippen molar-refractivity contribution in [2.75, 3.05) is 13.2 Å². The van der Waals surface area contributed by atoms with Crippen molar-refractivity contribution in [2.45, 2.75) is 322 Å². The van der Waals surface area contributed by atoms with Crippen LogP contribution in [0.15, 0.2) is 60.8 Å². The summed E-state index contributed by atoms with van der Waals surface area (Å²) in [4.78, 5) is 38.0. The molecular formula is C65H116O6. The second-order valence-electron chi connectivity index (χ2n) is 20.6. The summed E-state index contributed by atoms with van der Waals surface area (Å²) in [6.45, 7) is 6.42. The third-order valence-corrected chi connectivity index (χ3v) is 13.5. The summed E-state index contributed by atoms with van der Waals surface area (Å²) in [5.41, 5.74) is 0. The highest BCUT2D eigenvalue weighted by atomic mass is 16.6. The van der Waals surface area contributed by atoms with Gasteiger partial charge in [0.15, 0.2) is 6.10 Å². The fraction of sp³-hybridized carbons (Fsp3) is 0.800. The zero-order valence-electron chi connectivity index (χ0n) is 47.2. The normalized spacial score (nSPS) is 12.4. The molecule has 0 fully saturated rings. The van der Waals surface area contributed by atoms with Crippen molar-refractivity contribution < 1.29 is 28.6 Å². The Morgan fingerprint density at radius 3 is 0.972 bits per heavy atom. The predicted molar refractivity (Wildman–Crippen MR) is 307 cm³/mol. The molecule has 0 N–H and O–H groups in total. The van der Waals surface area contributed by atoms with Crippen molar-refractivity contribution in [3.05, 3.63) is 60.8 Å². The first-order chi connectivity index (χ1) is 35.0. The van der Waals surface area contributed by atoms with E-state index in [-0.39, 0.29) is 37.5 Å². The number of rotatable bonds is 56. The van der Waals surface area contributed by atoms with Crippen LogP contribution < -0.4 is 0 Å². The summed E-state index contributed by atoms with van der Waals surface area (Å²) in [6, 6.07) is 0. The number of hydrogen-bond donors (Lipinski definition) is 0. The smallest absolute Gasteiger partial charge is 0.306 e. The van der Waals surface area contributed by atoms with Crippen LogP contribution in [0.25, 0.3) is 0 Å². The third kappa shape index (κ3) is 57.9. The maximum Gasteiger partial charge on any atom is 0.306 e. The molecular weight excluding hydrogens is 877 g/mol. The van der Waals surface area contributed by atoms with Crippen LogP contribution in [0, 0.1) is 0 Å². The largest absolute Gasteiger partial charge is 0.462 e. The SMILES string of the molecule is CC/C=C\C/C=C\C/C=C\C/C=C\CCC(=O)OC(COC(=O)CCCCCCC/C=C\CCC)COC(=O)CCCCCCCCCCCCCCCCCCCCCCCCCCCCCCCC. The summed E-state index contributed by atoms with van der Waals surface area (Å²) in [6.07, 6.45) is 75.7. The Hall–Kier alpha value is -2.89. The van der Waals surface area contributed by atoms with E-state index in [1.165, 1.54) is 186 Å². The standard InChI is InChI=1S/C65H116O6/c1-4-7-10-13-16-19-22-24-25-26-27-28-29-30-31-32-33-34-35-36-37-38-39-40-42-43-46-49-52-55-58-64(67)70-61-62(60-69-63(66)57-54-51-48-45-21-18-15-12-9-6-3)71-65(68)59-56-53-50-47-44-41-23-20-17-14-11-8-5-2/h8,11-12,15,17,20,41,44,50,53,62H,4-7,9-10,13-14,16,18-19,21-40,42-43,45-49,51-52,54-61H2,1-3H3/b11-8-,15-12-,20-17-,44-41-,53-50-. The van der Waals surface area contributed by atoms with Crippen LogP contribution in [0.5, 0.6) is 0 Å². The average Bonchev–Trinajstić information content (AvgIpc) is 3.37. The Labute approximate surface area is 440 Å². The average molecular weight is 994 g/mol. The van der Waals surface area contributed by atoms with E-state index in [2.05, 4.69) is 69.4 Å². The first-order valence-corrected chi connectivity index (χ1v) is 30.8. The van der Waals surface area contributed by atoms with Gasteiger partial charge in [0.1, 0.15) is 13.2 Å². The fourth-order valence-electron chi connectivity index (χ4n) is 8.93. The zero-order valence-corrected chi connectivity index (χ0v) is 47.2. The Bertz CT molecular complexity index is 1280. The predicted octanol–water partition coefficient (Wildman–Crippen LogP) is 20.8. The Morgan fingerprint density at radius 2 is 0.606 bits per heavy atom. The topological polar surface area (TPSA) is 78.9 Å². The lowest BCUT2D eigenvalue weighted by Crippen LogP contribution is -2.30. The van der Waals surface area contributed by atoms with Crippen LogP contribution in [0.4, 0.5) is 0 Å². The molecule has 6 nitrogen and oxygen atoms in total.